The first-order valence-corrected chi connectivity index (χ1v) is 10.9. The molecule has 2 aliphatic heterocycles. The number of nitrogens with zero attached hydrogens (tertiary/aromatic N) is 4. The molecule has 2 atom stereocenters. The summed E-state index contributed by atoms with van der Waals surface area (Å²) in [6.45, 7) is 11.9. The van der Waals surface area contributed by atoms with E-state index in [1.165, 1.54) is 10.4 Å². The molecule has 0 fully saturated rings. The quantitative estimate of drug-likeness (QED) is 0.757. The molecule has 1 N–H and O–H groups in total. The zero-order valence-electron chi connectivity index (χ0n) is 18.2. The first-order valence-electron chi connectivity index (χ1n) is 10.1. The topological polar surface area (TPSA) is 79.2 Å². The highest BCUT2D eigenvalue weighted by molar-refractivity contribution is 7.17. The van der Waals surface area contributed by atoms with E-state index in [1.807, 2.05) is 39.1 Å². The summed E-state index contributed by atoms with van der Waals surface area (Å²) in [6, 6.07) is 3.46. The number of hydrogen-bond donors (Lipinski definition) is 1. The Bertz CT molecular complexity index is 1040. The maximum Gasteiger partial charge on any atom is 0.308 e. The molecule has 0 aliphatic carbocycles. The van der Waals surface area contributed by atoms with Gasteiger partial charge in [-0.15, -0.1) is 11.3 Å². The first kappa shape index (κ1) is 20.5. The minimum Gasteiger partial charge on any atom is -0.460 e. The van der Waals surface area contributed by atoms with E-state index in [1.54, 1.807) is 17.5 Å². The fourth-order valence-corrected chi connectivity index (χ4v) is 4.97. The number of esters is 1. The molecule has 2 aliphatic rings. The number of ether oxygens (including phenoxy) is 1. The van der Waals surface area contributed by atoms with Gasteiger partial charge in [0.15, 0.2) is 5.84 Å². The summed E-state index contributed by atoms with van der Waals surface area (Å²) in [5.41, 5.74) is 6.65. The lowest BCUT2D eigenvalue weighted by atomic mass is 10.0. The SMILES string of the molecule is Cc1sc2c(c1C)C(c1cccnc1)=N[C@@H](CC(=O)OC(C)(C)C)C1=NNC(C)N12. The Kier molecular flexibility index (Phi) is 5.13. The van der Waals surface area contributed by atoms with E-state index in [0.717, 1.165) is 27.7 Å². The van der Waals surface area contributed by atoms with Crippen molar-refractivity contribution in [1.29, 1.82) is 0 Å². The van der Waals surface area contributed by atoms with Gasteiger partial charge in [-0.05, 0) is 59.2 Å². The molecule has 0 spiro atoms. The number of amidine groups is 1. The number of thiophene rings is 1. The predicted octanol–water partition coefficient (Wildman–Crippen LogP) is 3.78. The summed E-state index contributed by atoms with van der Waals surface area (Å²) >= 11 is 1.73. The summed E-state index contributed by atoms with van der Waals surface area (Å²) in [4.78, 5) is 25.5. The lowest BCUT2D eigenvalue weighted by Gasteiger charge is -2.25. The summed E-state index contributed by atoms with van der Waals surface area (Å²) in [6.07, 6.45) is 3.66. The van der Waals surface area contributed by atoms with Gasteiger partial charge >= 0.3 is 5.97 Å². The van der Waals surface area contributed by atoms with Gasteiger partial charge in [-0.1, -0.05) is 0 Å². The van der Waals surface area contributed by atoms with E-state index >= 15 is 0 Å². The number of rotatable bonds is 3. The van der Waals surface area contributed by atoms with Gasteiger partial charge in [-0.25, -0.2) is 0 Å². The monoisotopic (exact) mass is 425 g/mol. The number of hydrogen-bond acceptors (Lipinski definition) is 8. The van der Waals surface area contributed by atoms with Gasteiger partial charge in [-0.2, -0.15) is 5.10 Å². The van der Waals surface area contributed by atoms with Crippen LogP contribution in [0.5, 0.6) is 0 Å². The Morgan fingerprint density at radius 2 is 2.10 bits per heavy atom. The molecule has 0 amide bonds. The van der Waals surface area contributed by atoms with Gasteiger partial charge < -0.3 is 4.74 Å². The third-order valence-corrected chi connectivity index (χ3v) is 6.33. The van der Waals surface area contributed by atoms with Crippen molar-refractivity contribution in [3.63, 3.8) is 0 Å². The average Bonchev–Trinajstić information content (AvgIpc) is 3.13. The van der Waals surface area contributed by atoms with Crippen LogP contribution in [0.15, 0.2) is 34.6 Å². The van der Waals surface area contributed by atoms with Crippen LogP contribution in [0.4, 0.5) is 5.00 Å². The zero-order chi connectivity index (χ0) is 21.6. The molecule has 4 rings (SSSR count). The third-order valence-electron chi connectivity index (χ3n) is 5.12. The van der Waals surface area contributed by atoms with E-state index in [4.69, 9.17) is 9.73 Å². The Labute approximate surface area is 180 Å². The van der Waals surface area contributed by atoms with Crippen molar-refractivity contribution in [2.45, 2.75) is 65.8 Å². The van der Waals surface area contributed by atoms with E-state index in [0.29, 0.717) is 0 Å². The second-order valence-electron chi connectivity index (χ2n) is 8.63. The van der Waals surface area contributed by atoms with E-state index in [9.17, 15) is 4.79 Å². The first-order chi connectivity index (χ1) is 14.2. The van der Waals surface area contributed by atoms with Gasteiger partial charge in [0.2, 0.25) is 0 Å². The molecule has 2 aromatic rings. The van der Waals surface area contributed by atoms with Gasteiger partial charge in [0.25, 0.3) is 0 Å². The molecule has 30 heavy (non-hydrogen) atoms. The summed E-state index contributed by atoms with van der Waals surface area (Å²) in [5.74, 6) is 0.455. The normalized spacial score (nSPS) is 20.5. The molecule has 4 heterocycles. The third kappa shape index (κ3) is 3.71. The second kappa shape index (κ2) is 7.50. The molecular weight excluding hydrogens is 398 g/mol. The number of anilines is 1. The molecule has 7 nitrogen and oxygen atoms in total. The van der Waals surface area contributed by atoms with E-state index in [-0.39, 0.29) is 18.6 Å². The van der Waals surface area contributed by atoms with Crippen LogP contribution in [0, 0.1) is 13.8 Å². The maximum atomic E-state index is 12.7. The molecule has 0 bridgehead atoms. The summed E-state index contributed by atoms with van der Waals surface area (Å²) in [5, 5.41) is 5.66. The minimum absolute atomic E-state index is 0.0271. The fraction of sp³-hybridized carbons (Fsp3) is 0.455. The van der Waals surface area contributed by atoms with Crippen molar-refractivity contribution in [2.24, 2.45) is 10.1 Å². The van der Waals surface area contributed by atoms with Gasteiger partial charge in [-0.3, -0.25) is 25.1 Å². The Morgan fingerprint density at radius 1 is 1.33 bits per heavy atom. The molecule has 1 unspecified atom stereocenters. The van der Waals surface area contributed by atoms with Gasteiger partial charge in [0.05, 0.1) is 12.1 Å². The van der Waals surface area contributed by atoms with Crippen molar-refractivity contribution in [3.05, 3.63) is 46.1 Å². The zero-order valence-corrected chi connectivity index (χ0v) is 19.0. The van der Waals surface area contributed by atoms with Crippen LogP contribution in [0.3, 0.4) is 0 Å². The highest BCUT2D eigenvalue weighted by atomic mass is 32.1. The van der Waals surface area contributed by atoms with Crippen molar-refractivity contribution >= 4 is 33.9 Å². The average molecular weight is 426 g/mol. The van der Waals surface area contributed by atoms with Crippen LogP contribution in [-0.2, 0) is 9.53 Å². The second-order valence-corrected chi connectivity index (χ2v) is 9.84. The largest absolute Gasteiger partial charge is 0.460 e. The number of aliphatic imine (C=N–C) groups is 1. The molecule has 158 valence electrons. The van der Waals surface area contributed by atoms with Crippen LogP contribution in [0.25, 0.3) is 0 Å². The number of carbonyl (C=O) groups is 1. The number of carbonyl (C=O) groups excluding carboxylic acids is 1. The maximum absolute atomic E-state index is 12.7. The Balaban J connectivity index is 1.86. The predicted molar refractivity (Wildman–Crippen MR) is 120 cm³/mol. The number of nitrogens with one attached hydrogen (secondary N) is 1. The minimum atomic E-state index is -0.549. The van der Waals surface area contributed by atoms with Crippen LogP contribution >= 0.6 is 11.3 Å². The summed E-state index contributed by atoms with van der Waals surface area (Å²) < 4.78 is 5.59. The number of fused-ring (bicyclic) bond motifs is 3. The molecule has 0 saturated heterocycles. The molecular formula is C22H27N5O2S. The van der Waals surface area contributed by atoms with Gasteiger partial charge in [0.1, 0.15) is 22.8 Å². The Morgan fingerprint density at radius 3 is 2.77 bits per heavy atom. The number of hydrazone groups is 1. The van der Waals surface area contributed by atoms with Crippen LogP contribution < -0.4 is 10.3 Å². The standard InChI is InChI=1S/C22H27N5O2S/c1-12-13(2)30-21-18(12)19(15-8-7-9-23-11-15)24-16(10-17(28)29-22(4,5)6)20-26-25-14(3)27(20)21/h7-9,11,14,16,25H,10H2,1-6H3/t14?,16-/m0/s1. The van der Waals surface area contributed by atoms with Gasteiger partial charge in [0, 0.05) is 28.4 Å². The molecule has 0 radical (unpaired) electrons. The van der Waals surface area contributed by atoms with Crippen LogP contribution in [0.1, 0.15) is 55.7 Å². The van der Waals surface area contributed by atoms with Crippen LogP contribution in [0.2, 0.25) is 0 Å². The number of aromatic nitrogens is 1. The molecule has 2 aromatic heterocycles. The molecule has 0 aromatic carbocycles. The van der Waals surface area contributed by atoms with E-state index < -0.39 is 11.6 Å². The van der Waals surface area contributed by atoms with Crippen molar-refractivity contribution in [2.75, 3.05) is 4.90 Å². The highest BCUT2D eigenvalue weighted by Crippen LogP contribution is 2.41. The molecule has 8 heteroatoms. The number of aryl methyl sites for hydroxylation is 1. The van der Waals surface area contributed by atoms with Crippen LogP contribution in [-0.4, -0.2) is 40.3 Å². The Hall–Kier alpha value is -2.74. The van der Waals surface area contributed by atoms with Crippen molar-refractivity contribution < 1.29 is 9.53 Å². The van der Waals surface area contributed by atoms with E-state index in [2.05, 4.69) is 41.2 Å². The lowest BCUT2D eigenvalue weighted by molar-refractivity contribution is -0.154. The molecule has 0 saturated carbocycles. The summed E-state index contributed by atoms with van der Waals surface area (Å²) in [7, 11) is 0. The number of pyridine rings is 1. The highest BCUT2D eigenvalue weighted by Gasteiger charge is 2.40. The van der Waals surface area contributed by atoms with Crippen molar-refractivity contribution in [3.8, 4) is 0 Å². The fourth-order valence-electron chi connectivity index (χ4n) is 3.72. The van der Waals surface area contributed by atoms with Crippen molar-refractivity contribution in [1.82, 2.24) is 10.4 Å². The lowest BCUT2D eigenvalue weighted by Crippen LogP contribution is -2.42. The smallest absolute Gasteiger partial charge is 0.308 e.